The number of H-pyrrole nitrogens is 1. The topological polar surface area (TPSA) is 45.3 Å². The van der Waals surface area contributed by atoms with Crippen molar-refractivity contribution in [3.05, 3.63) is 70.1 Å². The fraction of sp³-hybridized carbons (Fsp3) is 0.450. The number of hydrogen-bond donors (Lipinski definition) is 1. The van der Waals surface area contributed by atoms with E-state index in [-0.39, 0.29) is 5.56 Å². The summed E-state index contributed by atoms with van der Waals surface area (Å²) in [6.45, 7) is 4.82. The Balaban J connectivity index is 1.32. The van der Waals surface area contributed by atoms with Gasteiger partial charge in [-0.05, 0) is 55.5 Å². The molecule has 0 amide bonds. The molecule has 1 aliphatic heterocycles. The minimum atomic E-state index is 0.00509. The Morgan fingerprint density at radius 1 is 1.12 bits per heavy atom. The summed E-state index contributed by atoms with van der Waals surface area (Å²) in [5, 5.41) is 0. The van der Waals surface area contributed by atoms with Crippen LogP contribution >= 0.6 is 0 Å². The number of pyridine rings is 1. The van der Waals surface area contributed by atoms with E-state index in [1.54, 1.807) is 12.3 Å². The second-order valence-electron chi connectivity index (χ2n) is 6.49. The summed E-state index contributed by atoms with van der Waals surface area (Å²) in [5.74, 6) is 0.526. The van der Waals surface area contributed by atoms with Gasteiger partial charge in [0.25, 0.3) is 0 Å². The number of nitrogens with zero attached hydrogens (tertiary/aromatic N) is 1. The molecule has 3 rings (SSSR count). The SMILES string of the molecule is O=c1cc(C2CCN(CCCOCc3ccccc3)CC2)cc[nH]1. The Labute approximate surface area is 143 Å². The molecule has 1 N–H and O–H groups in total. The van der Waals surface area contributed by atoms with Crippen molar-refractivity contribution in [2.24, 2.45) is 0 Å². The normalized spacial score (nSPS) is 16.3. The van der Waals surface area contributed by atoms with E-state index in [2.05, 4.69) is 22.0 Å². The lowest BCUT2D eigenvalue weighted by Crippen LogP contribution is -2.34. The predicted octanol–water partition coefficient (Wildman–Crippen LogP) is 3.16. The lowest BCUT2D eigenvalue weighted by molar-refractivity contribution is 0.104. The smallest absolute Gasteiger partial charge is 0.248 e. The minimum absolute atomic E-state index is 0.00509. The van der Waals surface area contributed by atoms with Crippen molar-refractivity contribution in [3.63, 3.8) is 0 Å². The second-order valence-corrected chi connectivity index (χ2v) is 6.49. The number of hydrogen-bond acceptors (Lipinski definition) is 3. The summed E-state index contributed by atoms with van der Waals surface area (Å²) in [5.41, 5.74) is 2.42. The average Bonchev–Trinajstić information content (AvgIpc) is 2.63. The Bertz CT molecular complexity index is 661. The standard InChI is InChI=1S/C20H26N2O2/c23-20-15-19(7-10-21-20)18-8-12-22(13-9-18)11-4-14-24-16-17-5-2-1-3-6-17/h1-3,5-7,10,15,18H,4,8-9,11-14,16H2,(H,21,23). The van der Waals surface area contributed by atoms with Crippen LogP contribution in [0.5, 0.6) is 0 Å². The van der Waals surface area contributed by atoms with E-state index < -0.39 is 0 Å². The van der Waals surface area contributed by atoms with Crippen LogP contribution in [-0.2, 0) is 11.3 Å². The zero-order valence-electron chi connectivity index (χ0n) is 14.1. The summed E-state index contributed by atoms with van der Waals surface area (Å²) in [6, 6.07) is 14.1. The maximum absolute atomic E-state index is 11.4. The molecule has 0 aliphatic carbocycles. The van der Waals surface area contributed by atoms with Crippen LogP contribution in [0.1, 0.15) is 36.3 Å². The van der Waals surface area contributed by atoms with Gasteiger partial charge in [-0.3, -0.25) is 4.79 Å². The van der Waals surface area contributed by atoms with E-state index in [0.29, 0.717) is 12.5 Å². The van der Waals surface area contributed by atoms with E-state index in [1.165, 1.54) is 11.1 Å². The number of aromatic amines is 1. The van der Waals surface area contributed by atoms with Crippen LogP contribution in [0.15, 0.2) is 53.5 Å². The van der Waals surface area contributed by atoms with Gasteiger partial charge in [-0.15, -0.1) is 0 Å². The molecule has 1 aromatic carbocycles. The van der Waals surface area contributed by atoms with Crippen molar-refractivity contribution in [1.29, 1.82) is 0 Å². The monoisotopic (exact) mass is 326 g/mol. The van der Waals surface area contributed by atoms with Crippen molar-refractivity contribution in [1.82, 2.24) is 9.88 Å². The van der Waals surface area contributed by atoms with Crippen molar-refractivity contribution in [2.45, 2.75) is 31.8 Å². The van der Waals surface area contributed by atoms with Crippen LogP contribution in [0.4, 0.5) is 0 Å². The van der Waals surface area contributed by atoms with E-state index in [4.69, 9.17) is 4.74 Å². The fourth-order valence-corrected chi connectivity index (χ4v) is 3.36. The molecule has 4 nitrogen and oxygen atoms in total. The largest absolute Gasteiger partial charge is 0.377 e. The van der Waals surface area contributed by atoms with Crippen LogP contribution in [-0.4, -0.2) is 36.1 Å². The molecule has 0 saturated carbocycles. The number of piperidine rings is 1. The molecule has 2 heterocycles. The van der Waals surface area contributed by atoms with Gasteiger partial charge in [-0.2, -0.15) is 0 Å². The molecule has 4 heteroatoms. The molecule has 1 saturated heterocycles. The maximum Gasteiger partial charge on any atom is 0.248 e. The van der Waals surface area contributed by atoms with Crippen LogP contribution in [0.2, 0.25) is 0 Å². The first-order chi connectivity index (χ1) is 11.8. The number of rotatable bonds is 7. The summed E-state index contributed by atoms with van der Waals surface area (Å²) in [6.07, 6.45) is 5.10. The van der Waals surface area contributed by atoms with Crippen LogP contribution < -0.4 is 5.56 Å². The first kappa shape index (κ1) is 16.9. The lowest BCUT2D eigenvalue weighted by Gasteiger charge is -2.32. The van der Waals surface area contributed by atoms with Gasteiger partial charge < -0.3 is 14.6 Å². The zero-order chi connectivity index (χ0) is 16.6. The van der Waals surface area contributed by atoms with Gasteiger partial charge in [0.2, 0.25) is 5.56 Å². The van der Waals surface area contributed by atoms with Gasteiger partial charge in [0.15, 0.2) is 0 Å². The molecule has 0 bridgehead atoms. The van der Waals surface area contributed by atoms with Crippen LogP contribution in [0, 0.1) is 0 Å². The van der Waals surface area contributed by atoms with E-state index in [0.717, 1.165) is 45.5 Å². The molecule has 2 aromatic rings. The highest BCUT2D eigenvalue weighted by atomic mass is 16.5. The molecule has 0 atom stereocenters. The highest BCUT2D eigenvalue weighted by Gasteiger charge is 2.20. The molecule has 1 aliphatic rings. The summed E-state index contributed by atoms with van der Waals surface area (Å²) in [4.78, 5) is 16.6. The van der Waals surface area contributed by atoms with E-state index >= 15 is 0 Å². The highest BCUT2D eigenvalue weighted by molar-refractivity contribution is 5.16. The third kappa shape index (κ3) is 5.05. The van der Waals surface area contributed by atoms with Gasteiger partial charge >= 0.3 is 0 Å². The molecule has 24 heavy (non-hydrogen) atoms. The fourth-order valence-electron chi connectivity index (χ4n) is 3.36. The summed E-state index contributed by atoms with van der Waals surface area (Å²) >= 11 is 0. The molecule has 0 unspecified atom stereocenters. The van der Waals surface area contributed by atoms with Crippen molar-refractivity contribution >= 4 is 0 Å². The van der Waals surface area contributed by atoms with Crippen molar-refractivity contribution in [3.8, 4) is 0 Å². The predicted molar refractivity (Wildman–Crippen MR) is 96.2 cm³/mol. The molecule has 1 aromatic heterocycles. The minimum Gasteiger partial charge on any atom is -0.377 e. The first-order valence-electron chi connectivity index (χ1n) is 8.84. The van der Waals surface area contributed by atoms with Gasteiger partial charge in [-0.1, -0.05) is 30.3 Å². The lowest BCUT2D eigenvalue weighted by atomic mass is 9.90. The number of aromatic nitrogens is 1. The van der Waals surface area contributed by atoms with Crippen LogP contribution in [0.3, 0.4) is 0 Å². The molecule has 1 fully saturated rings. The first-order valence-corrected chi connectivity index (χ1v) is 8.84. The Hall–Kier alpha value is -1.91. The summed E-state index contributed by atoms with van der Waals surface area (Å²) in [7, 11) is 0. The second kappa shape index (κ2) is 8.81. The zero-order valence-corrected chi connectivity index (χ0v) is 14.1. The third-order valence-corrected chi connectivity index (χ3v) is 4.73. The molecular weight excluding hydrogens is 300 g/mol. The number of likely N-dealkylation sites (tertiary alicyclic amines) is 1. The van der Waals surface area contributed by atoms with Crippen LogP contribution in [0.25, 0.3) is 0 Å². The van der Waals surface area contributed by atoms with Gasteiger partial charge in [0, 0.05) is 25.4 Å². The number of nitrogens with one attached hydrogen (secondary N) is 1. The van der Waals surface area contributed by atoms with E-state index in [9.17, 15) is 4.79 Å². The molecule has 0 spiro atoms. The number of benzene rings is 1. The quantitative estimate of drug-likeness (QED) is 0.795. The third-order valence-electron chi connectivity index (χ3n) is 4.73. The van der Waals surface area contributed by atoms with Crippen molar-refractivity contribution in [2.75, 3.05) is 26.2 Å². The summed E-state index contributed by atoms with van der Waals surface area (Å²) < 4.78 is 5.75. The maximum atomic E-state index is 11.4. The van der Waals surface area contributed by atoms with Gasteiger partial charge in [0.05, 0.1) is 6.61 Å². The number of ether oxygens (including phenoxy) is 1. The molecular formula is C20H26N2O2. The Kier molecular flexibility index (Phi) is 6.21. The van der Waals surface area contributed by atoms with Crippen molar-refractivity contribution < 1.29 is 4.74 Å². The Morgan fingerprint density at radius 2 is 1.92 bits per heavy atom. The highest BCUT2D eigenvalue weighted by Crippen LogP contribution is 2.26. The van der Waals surface area contributed by atoms with Gasteiger partial charge in [0.1, 0.15) is 0 Å². The van der Waals surface area contributed by atoms with Gasteiger partial charge in [-0.25, -0.2) is 0 Å². The molecule has 0 radical (unpaired) electrons. The molecule has 128 valence electrons. The average molecular weight is 326 g/mol. The Morgan fingerprint density at radius 3 is 2.67 bits per heavy atom. The van der Waals surface area contributed by atoms with E-state index in [1.807, 2.05) is 24.3 Å².